The molecule has 0 radical (unpaired) electrons. The van der Waals surface area contributed by atoms with Crippen molar-refractivity contribution >= 4 is 16.8 Å². The lowest BCUT2D eigenvalue weighted by Crippen LogP contribution is -2.35. The molecule has 0 saturated carbocycles. The van der Waals surface area contributed by atoms with Crippen molar-refractivity contribution in [3.63, 3.8) is 0 Å². The Hall–Kier alpha value is -2.70. The van der Waals surface area contributed by atoms with Gasteiger partial charge in [0.2, 0.25) is 5.76 Å². The summed E-state index contributed by atoms with van der Waals surface area (Å²) in [5.41, 5.74) is 4.20. The molecule has 4 rings (SSSR count). The minimum absolute atomic E-state index is 0.285. The van der Waals surface area contributed by atoms with Gasteiger partial charge in [0.25, 0.3) is 5.91 Å². The molecule has 0 bridgehead atoms. The van der Waals surface area contributed by atoms with Gasteiger partial charge < -0.3 is 14.3 Å². The number of hydrogen-bond acceptors (Lipinski definition) is 2. The molecule has 1 aliphatic heterocycles. The van der Waals surface area contributed by atoms with E-state index in [0.29, 0.717) is 19.5 Å². The molecule has 3 heterocycles. The van der Waals surface area contributed by atoms with E-state index in [-0.39, 0.29) is 5.76 Å². The minimum Gasteiger partial charge on any atom is -0.446 e. The second-order valence-electron chi connectivity index (χ2n) is 6.27. The van der Waals surface area contributed by atoms with Crippen LogP contribution < -0.4 is 0 Å². The van der Waals surface area contributed by atoms with Crippen molar-refractivity contribution in [2.24, 2.45) is 0 Å². The number of aryl methyl sites for hydroxylation is 1. The van der Waals surface area contributed by atoms with Gasteiger partial charge in [-0.25, -0.2) is 0 Å². The van der Waals surface area contributed by atoms with Gasteiger partial charge in [0.1, 0.15) is 0 Å². The summed E-state index contributed by atoms with van der Waals surface area (Å²) in [5, 5.41) is 1.04. The van der Waals surface area contributed by atoms with Gasteiger partial charge in [0.15, 0.2) is 5.76 Å². The standard InChI is InChI=1S/C18H15F3N2O2/c1-10-2-3-13-11(8-10)12-9-23(7-6-14(12)22-13)17(24)15-4-5-16(25-15)18(19,20)21/h2-5,8,22H,6-7,9H2,1H3. The Morgan fingerprint density at radius 1 is 1.24 bits per heavy atom. The Morgan fingerprint density at radius 3 is 2.76 bits per heavy atom. The van der Waals surface area contributed by atoms with Crippen LogP contribution >= 0.6 is 0 Å². The van der Waals surface area contributed by atoms with Crippen molar-refractivity contribution in [1.82, 2.24) is 9.88 Å². The van der Waals surface area contributed by atoms with E-state index in [1.54, 1.807) is 0 Å². The lowest BCUT2D eigenvalue weighted by Gasteiger charge is -2.26. The van der Waals surface area contributed by atoms with Crippen molar-refractivity contribution < 1.29 is 22.4 Å². The van der Waals surface area contributed by atoms with E-state index in [9.17, 15) is 18.0 Å². The maximum absolute atomic E-state index is 12.7. The molecule has 0 atom stereocenters. The number of carbonyl (C=O) groups excluding carboxylic acids is 1. The molecule has 0 unspecified atom stereocenters. The SMILES string of the molecule is Cc1ccc2[nH]c3c(c2c1)CN(C(=O)c1ccc(C(F)(F)F)o1)CC3. The molecule has 1 aliphatic rings. The highest BCUT2D eigenvalue weighted by Crippen LogP contribution is 2.32. The number of rotatable bonds is 1. The normalized spacial score (nSPS) is 14.8. The monoisotopic (exact) mass is 348 g/mol. The summed E-state index contributed by atoms with van der Waals surface area (Å²) in [4.78, 5) is 17.4. The molecular formula is C18H15F3N2O2. The van der Waals surface area contributed by atoms with Crippen LogP contribution in [0.2, 0.25) is 0 Å². The van der Waals surface area contributed by atoms with Crippen LogP contribution in [0.5, 0.6) is 0 Å². The van der Waals surface area contributed by atoms with E-state index in [4.69, 9.17) is 4.42 Å². The largest absolute Gasteiger partial charge is 0.449 e. The third-order valence-electron chi connectivity index (χ3n) is 4.51. The molecule has 0 spiro atoms. The Morgan fingerprint density at radius 2 is 2.04 bits per heavy atom. The van der Waals surface area contributed by atoms with Gasteiger partial charge in [-0.1, -0.05) is 11.6 Å². The molecule has 2 aromatic heterocycles. The summed E-state index contributed by atoms with van der Waals surface area (Å²) >= 11 is 0. The predicted octanol–water partition coefficient (Wildman–Crippen LogP) is 4.29. The number of nitrogens with zero attached hydrogens (tertiary/aromatic N) is 1. The number of furan rings is 1. The first-order chi connectivity index (χ1) is 11.8. The highest BCUT2D eigenvalue weighted by atomic mass is 19.4. The number of benzene rings is 1. The van der Waals surface area contributed by atoms with Crippen molar-refractivity contribution in [3.8, 4) is 0 Å². The molecule has 7 heteroatoms. The quantitative estimate of drug-likeness (QED) is 0.713. The molecule has 3 aromatic rings. The van der Waals surface area contributed by atoms with Gasteiger partial charge in [-0.3, -0.25) is 4.79 Å². The molecule has 4 nitrogen and oxygen atoms in total. The lowest BCUT2D eigenvalue weighted by molar-refractivity contribution is -0.153. The molecule has 0 saturated heterocycles. The number of alkyl halides is 3. The minimum atomic E-state index is -4.60. The van der Waals surface area contributed by atoms with Crippen molar-refractivity contribution in [3.05, 3.63) is 58.7 Å². The van der Waals surface area contributed by atoms with Crippen LogP contribution in [-0.2, 0) is 19.1 Å². The average Bonchev–Trinajstić information content (AvgIpc) is 3.18. The number of fused-ring (bicyclic) bond motifs is 3. The Labute approximate surface area is 141 Å². The maximum Gasteiger partial charge on any atom is 0.449 e. The fourth-order valence-corrected chi connectivity index (χ4v) is 3.26. The topological polar surface area (TPSA) is 49.2 Å². The van der Waals surface area contributed by atoms with Gasteiger partial charge in [-0.15, -0.1) is 0 Å². The van der Waals surface area contributed by atoms with Gasteiger partial charge in [0.05, 0.1) is 0 Å². The summed E-state index contributed by atoms with van der Waals surface area (Å²) in [5.74, 6) is -1.97. The zero-order chi connectivity index (χ0) is 17.8. The van der Waals surface area contributed by atoms with Crippen LogP contribution in [0.1, 0.15) is 33.1 Å². The molecule has 0 fully saturated rings. The second-order valence-corrected chi connectivity index (χ2v) is 6.27. The van der Waals surface area contributed by atoms with Crippen LogP contribution in [0.25, 0.3) is 10.9 Å². The molecule has 1 aromatic carbocycles. The van der Waals surface area contributed by atoms with E-state index in [1.165, 1.54) is 4.90 Å². The highest BCUT2D eigenvalue weighted by Gasteiger charge is 2.36. The van der Waals surface area contributed by atoms with Gasteiger partial charge in [-0.05, 0) is 31.2 Å². The maximum atomic E-state index is 12.7. The number of nitrogens with one attached hydrogen (secondary N) is 1. The van der Waals surface area contributed by atoms with Crippen LogP contribution in [0.3, 0.4) is 0 Å². The third kappa shape index (κ3) is 2.69. The predicted molar refractivity (Wildman–Crippen MR) is 85.2 cm³/mol. The number of aromatic amines is 1. The summed E-state index contributed by atoms with van der Waals surface area (Å²) in [6.07, 6.45) is -3.97. The van der Waals surface area contributed by atoms with Crippen LogP contribution in [0.15, 0.2) is 34.7 Å². The van der Waals surface area contributed by atoms with E-state index < -0.39 is 17.8 Å². The fraction of sp³-hybridized carbons (Fsp3) is 0.278. The Kier molecular flexibility index (Phi) is 3.42. The van der Waals surface area contributed by atoms with Crippen molar-refractivity contribution in [2.45, 2.75) is 26.1 Å². The van der Waals surface area contributed by atoms with E-state index in [2.05, 4.69) is 4.98 Å². The molecular weight excluding hydrogens is 333 g/mol. The number of carbonyl (C=O) groups is 1. The summed E-state index contributed by atoms with van der Waals surface area (Å²) in [7, 11) is 0. The van der Waals surface area contributed by atoms with Gasteiger partial charge in [-0.2, -0.15) is 13.2 Å². The molecule has 130 valence electrons. The van der Waals surface area contributed by atoms with Gasteiger partial charge in [0, 0.05) is 41.7 Å². The van der Waals surface area contributed by atoms with Gasteiger partial charge >= 0.3 is 6.18 Å². The zero-order valence-corrected chi connectivity index (χ0v) is 13.4. The molecule has 1 amide bonds. The van der Waals surface area contributed by atoms with Crippen LogP contribution in [-0.4, -0.2) is 22.3 Å². The van der Waals surface area contributed by atoms with Crippen LogP contribution in [0.4, 0.5) is 13.2 Å². The first kappa shape index (κ1) is 15.8. The zero-order valence-electron chi connectivity index (χ0n) is 13.4. The van der Waals surface area contributed by atoms with Crippen molar-refractivity contribution in [2.75, 3.05) is 6.54 Å². The Bertz CT molecular complexity index is 969. The number of aromatic nitrogens is 1. The fourth-order valence-electron chi connectivity index (χ4n) is 3.26. The van der Waals surface area contributed by atoms with Crippen LogP contribution in [0, 0.1) is 6.92 Å². The summed E-state index contributed by atoms with van der Waals surface area (Å²) in [6, 6.07) is 7.93. The average molecular weight is 348 g/mol. The second kappa shape index (κ2) is 5.40. The molecule has 1 N–H and O–H groups in total. The van der Waals surface area contributed by atoms with E-state index in [1.807, 2.05) is 25.1 Å². The van der Waals surface area contributed by atoms with E-state index >= 15 is 0 Å². The summed E-state index contributed by atoms with van der Waals surface area (Å²) in [6.45, 7) is 2.77. The third-order valence-corrected chi connectivity index (χ3v) is 4.51. The number of halogens is 3. The number of hydrogen-bond donors (Lipinski definition) is 1. The molecule has 25 heavy (non-hydrogen) atoms. The Balaban J connectivity index is 1.63. The summed E-state index contributed by atoms with van der Waals surface area (Å²) < 4.78 is 42.7. The van der Waals surface area contributed by atoms with Crippen molar-refractivity contribution in [1.29, 1.82) is 0 Å². The van der Waals surface area contributed by atoms with E-state index in [0.717, 1.165) is 39.9 Å². The highest BCUT2D eigenvalue weighted by molar-refractivity contribution is 5.93. The lowest BCUT2D eigenvalue weighted by atomic mass is 10.0. The number of amides is 1. The smallest absolute Gasteiger partial charge is 0.446 e. The number of H-pyrrole nitrogens is 1. The molecule has 0 aliphatic carbocycles. The first-order valence-corrected chi connectivity index (χ1v) is 7.89. The first-order valence-electron chi connectivity index (χ1n) is 7.89.